The Morgan fingerprint density at radius 1 is 0.643 bits per heavy atom. The Bertz CT molecular complexity index is 892. The summed E-state index contributed by atoms with van der Waals surface area (Å²) >= 11 is 0. The van der Waals surface area contributed by atoms with Gasteiger partial charge in [-0.1, -0.05) is 97.1 Å². The van der Waals surface area contributed by atoms with Gasteiger partial charge in [0.15, 0.2) is 11.2 Å². The molecule has 0 amide bonds. The number of hydrogen-bond acceptors (Lipinski definition) is 3. The Kier molecular flexibility index (Phi) is 4.71. The molecule has 2 aromatic rings. The molecule has 2 aliphatic carbocycles. The van der Waals surface area contributed by atoms with Gasteiger partial charge in [0, 0.05) is 11.8 Å². The van der Waals surface area contributed by atoms with Crippen LogP contribution < -0.4 is 0 Å². The van der Waals surface area contributed by atoms with Crippen molar-refractivity contribution in [2.75, 3.05) is 0 Å². The molecule has 3 heteroatoms. The molecule has 2 N–H and O–H groups in total. The van der Waals surface area contributed by atoms with Crippen molar-refractivity contribution in [3.05, 3.63) is 120 Å². The number of carbonyl (C=O) groups excluding carboxylic acids is 1. The van der Waals surface area contributed by atoms with E-state index in [1.165, 1.54) is 12.2 Å². The van der Waals surface area contributed by atoms with Crippen LogP contribution in [0.3, 0.4) is 0 Å². The van der Waals surface area contributed by atoms with Crippen LogP contribution in [0.2, 0.25) is 0 Å². The maximum Gasteiger partial charge on any atom is 0.205 e. The lowest BCUT2D eigenvalue weighted by Gasteiger charge is -2.41. The van der Waals surface area contributed by atoms with Crippen LogP contribution in [0.5, 0.6) is 0 Å². The highest BCUT2D eigenvalue weighted by atomic mass is 16.3. The van der Waals surface area contributed by atoms with E-state index in [1.807, 2.05) is 72.8 Å². The lowest BCUT2D eigenvalue weighted by Crippen LogP contribution is -2.56. The first-order valence-electron chi connectivity index (χ1n) is 9.37. The first-order chi connectivity index (χ1) is 13.6. The van der Waals surface area contributed by atoms with Gasteiger partial charge in [-0.2, -0.15) is 0 Å². The van der Waals surface area contributed by atoms with Crippen molar-refractivity contribution in [3.63, 3.8) is 0 Å². The standard InChI is InChI=1S/C25H22O3/c26-23(24(27)17-9-7-15-21(24)19-11-3-1-4-12-19)25(28)18-10-8-16-22(25)20-13-5-2-6-14-20/h1-18,21-22,27-28H. The second kappa shape index (κ2) is 7.19. The number of benzene rings is 2. The fourth-order valence-electron chi connectivity index (χ4n) is 4.06. The molecule has 0 saturated carbocycles. The molecule has 0 spiro atoms. The third-order valence-electron chi connectivity index (χ3n) is 5.52. The molecule has 4 unspecified atom stereocenters. The SMILES string of the molecule is O=C(C1(O)C=CC=CC1c1ccccc1)C1(O)C=CC=CC1c1ccccc1. The van der Waals surface area contributed by atoms with E-state index in [-0.39, 0.29) is 0 Å². The highest BCUT2D eigenvalue weighted by Crippen LogP contribution is 2.43. The molecule has 0 radical (unpaired) electrons. The van der Waals surface area contributed by atoms with Gasteiger partial charge in [-0.15, -0.1) is 0 Å². The van der Waals surface area contributed by atoms with Crippen molar-refractivity contribution in [1.82, 2.24) is 0 Å². The van der Waals surface area contributed by atoms with Crippen LogP contribution in [0.1, 0.15) is 23.0 Å². The summed E-state index contributed by atoms with van der Waals surface area (Å²) in [6.07, 6.45) is 13.5. The van der Waals surface area contributed by atoms with Gasteiger partial charge < -0.3 is 10.2 Å². The molecule has 0 heterocycles. The predicted octanol–water partition coefficient (Wildman–Crippen LogP) is 3.84. The monoisotopic (exact) mass is 370 g/mol. The van der Waals surface area contributed by atoms with Crippen LogP contribution in [0.15, 0.2) is 109 Å². The molecule has 4 rings (SSSR count). The molecular formula is C25H22O3. The van der Waals surface area contributed by atoms with E-state index < -0.39 is 28.8 Å². The van der Waals surface area contributed by atoms with Gasteiger partial charge in [-0.3, -0.25) is 4.79 Å². The van der Waals surface area contributed by atoms with E-state index in [1.54, 1.807) is 24.3 Å². The molecule has 0 aromatic heterocycles. The number of aliphatic hydroxyl groups is 2. The molecule has 2 aliphatic rings. The van der Waals surface area contributed by atoms with Crippen LogP contribution in [-0.2, 0) is 4.79 Å². The van der Waals surface area contributed by atoms with Crippen LogP contribution >= 0.6 is 0 Å². The highest BCUT2D eigenvalue weighted by molar-refractivity contribution is 6.00. The topological polar surface area (TPSA) is 57.5 Å². The third kappa shape index (κ3) is 2.99. The number of rotatable bonds is 4. The third-order valence-corrected chi connectivity index (χ3v) is 5.52. The van der Waals surface area contributed by atoms with E-state index in [9.17, 15) is 15.0 Å². The summed E-state index contributed by atoms with van der Waals surface area (Å²) < 4.78 is 0. The molecule has 0 aliphatic heterocycles. The Morgan fingerprint density at radius 3 is 1.43 bits per heavy atom. The average Bonchev–Trinajstić information content (AvgIpc) is 2.75. The van der Waals surface area contributed by atoms with E-state index in [2.05, 4.69) is 0 Å². The fraction of sp³-hybridized carbons (Fsp3) is 0.160. The Balaban J connectivity index is 1.77. The van der Waals surface area contributed by atoms with Crippen molar-refractivity contribution >= 4 is 5.78 Å². The number of ketones is 1. The lowest BCUT2D eigenvalue weighted by atomic mass is 9.66. The molecular weight excluding hydrogens is 348 g/mol. The lowest BCUT2D eigenvalue weighted by molar-refractivity contribution is -0.150. The van der Waals surface area contributed by atoms with Crippen molar-refractivity contribution in [1.29, 1.82) is 0 Å². The quantitative estimate of drug-likeness (QED) is 0.860. The van der Waals surface area contributed by atoms with E-state index in [0.717, 1.165) is 11.1 Å². The number of allylic oxidation sites excluding steroid dienone is 4. The normalized spacial score (nSPS) is 31.1. The van der Waals surface area contributed by atoms with Gasteiger partial charge in [0.1, 0.15) is 0 Å². The summed E-state index contributed by atoms with van der Waals surface area (Å²) in [6.45, 7) is 0. The molecule has 3 nitrogen and oxygen atoms in total. The van der Waals surface area contributed by atoms with E-state index in [0.29, 0.717) is 0 Å². The summed E-state index contributed by atoms with van der Waals surface area (Å²) in [5.41, 5.74) is -2.08. The van der Waals surface area contributed by atoms with Gasteiger partial charge >= 0.3 is 0 Å². The van der Waals surface area contributed by atoms with Crippen molar-refractivity contribution in [2.24, 2.45) is 0 Å². The largest absolute Gasteiger partial charge is 0.377 e. The van der Waals surface area contributed by atoms with Gasteiger partial charge in [-0.25, -0.2) is 0 Å². The molecule has 28 heavy (non-hydrogen) atoms. The minimum atomic E-state index is -1.85. The molecule has 0 bridgehead atoms. The summed E-state index contributed by atoms with van der Waals surface area (Å²) in [6, 6.07) is 18.8. The van der Waals surface area contributed by atoms with Gasteiger partial charge in [0.25, 0.3) is 0 Å². The number of Topliss-reactive ketones (excluding diaryl/α,β-unsaturated/α-hetero) is 1. The Hall–Kier alpha value is -3.01. The maximum atomic E-state index is 13.7. The molecule has 2 aromatic carbocycles. The Labute approximate surface area is 164 Å². The van der Waals surface area contributed by atoms with Crippen LogP contribution in [0.25, 0.3) is 0 Å². The maximum absolute atomic E-state index is 13.7. The predicted molar refractivity (Wildman–Crippen MR) is 110 cm³/mol. The fourth-order valence-corrected chi connectivity index (χ4v) is 4.06. The molecule has 0 fully saturated rings. The molecule has 4 atom stereocenters. The van der Waals surface area contributed by atoms with Crippen molar-refractivity contribution in [2.45, 2.75) is 23.0 Å². The highest BCUT2D eigenvalue weighted by Gasteiger charge is 2.54. The first kappa shape index (κ1) is 18.4. The van der Waals surface area contributed by atoms with Crippen LogP contribution in [0, 0.1) is 0 Å². The minimum absolute atomic E-state index is 0.578. The summed E-state index contributed by atoms with van der Waals surface area (Å²) in [7, 11) is 0. The Morgan fingerprint density at radius 2 is 1.04 bits per heavy atom. The van der Waals surface area contributed by atoms with E-state index in [4.69, 9.17) is 0 Å². The second-order valence-corrected chi connectivity index (χ2v) is 7.24. The zero-order chi connectivity index (χ0) is 19.6. The second-order valence-electron chi connectivity index (χ2n) is 7.24. The minimum Gasteiger partial charge on any atom is -0.377 e. The zero-order valence-electron chi connectivity index (χ0n) is 15.3. The smallest absolute Gasteiger partial charge is 0.205 e. The average molecular weight is 370 g/mol. The number of carbonyl (C=O) groups is 1. The zero-order valence-corrected chi connectivity index (χ0v) is 15.3. The molecule has 0 saturated heterocycles. The molecule has 140 valence electrons. The van der Waals surface area contributed by atoms with Crippen LogP contribution in [0.4, 0.5) is 0 Å². The summed E-state index contributed by atoms with van der Waals surface area (Å²) in [4.78, 5) is 13.7. The van der Waals surface area contributed by atoms with Crippen LogP contribution in [-0.4, -0.2) is 27.2 Å². The van der Waals surface area contributed by atoms with Gasteiger partial charge in [0.2, 0.25) is 5.78 Å². The number of hydrogen-bond donors (Lipinski definition) is 2. The van der Waals surface area contributed by atoms with E-state index >= 15 is 0 Å². The van der Waals surface area contributed by atoms with Gasteiger partial charge in [-0.05, 0) is 23.3 Å². The summed E-state index contributed by atoms with van der Waals surface area (Å²) in [5, 5.41) is 23.1. The first-order valence-corrected chi connectivity index (χ1v) is 9.37. The summed E-state index contributed by atoms with van der Waals surface area (Å²) in [5.74, 6) is -1.79. The van der Waals surface area contributed by atoms with Crippen molar-refractivity contribution in [3.8, 4) is 0 Å². The van der Waals surface area contributed by atoms with Crippen molar-refractivity contribution < 1.29 is 15.0 Å². The van der Waals surface area contributed by atoms with Gasteiger partial charge in [0.05, 0.1) is 0 Å².